The molecule has 2 rings (SSSR count). The molecule has 1 saturated carbocycles. The third-order valence-corrected chi connectivity index (χ3v) is 4.12. The molecule has 6 heteroatoms. The molecule has 0 saturated heterocycles. The molecule has 1 aromatic carbocycles. The van der Waals surface area contributed by atoms with E-state index < -0.39 is 23.3 Å². The fourth-order valence-corrected chi connectivity index (χ4v) is 2.98. The van der Waals surface area contributed by atoms with Gasteiger partial charge in [-0.15, -0.1) is 0 Å². The molecule has 0 aromatic heterocycles. The van der Waals surface area contributed by atoms with Crippen molar-refractivity contribution in [2.45, 2.75) is 58.2 Å². The van der Waals surface area contributed by atoms with Crippen LogP contribution in [0.4, 0.5) is 13.6 Å². The Morgan fingerprint density at radius 1 is 1.25 bits per heavy atom. The number of hydrogen-bond donors (Lipinski definition) is 2. The van der Waals surface area contributed by atoms with Crippen LogP contribution in [0.2, 0.25) is 0 Å². The summed E-state index contributed by atoms with van der Waals surface area (Å²) in [5.74, 6) is -1.36. The summed E-state index contributed by atoms with van der Waals surface area (Å²) in [6, 6.07) is 4.18. The molecule has 1 aliphatic carbocycles. The summed E-state index contributed by atoms with van der Waals surface area (Å²) in [5.41, 5.74) is 0.198. The first-order valence-corrected chi connectivity index (χ1v) is 8.39. The van der Waals surface area contributed by atoms with Gasteiger partial charge in [-0.2, -0.15) is 0 Å². The van der Waals surface area contributed by atoms with Gasteiger partial charge in [0, 0.05) is 19.1 Å². The van der Waals surface area contributed by atoms with Gasteiger partial charge in [-0.25, -0.2) is 13.6 Å². The Labute approximate surface area is 142 Å². The third kappa shape index (κ3) is 5.74. The lowest BCUT2D eigenvalue weighted by atomic mass is 10.0. The maximum Gasteiger partial charge on any atom is 0.407 e. The SMILES string of the molecule is CC(C)(C)OC(=O)NCC1CCCC1NCc1ccc(F)c(F)c1. The van der Waals surface area contributed by atoms with Gasteiger partial charge in [0.25, 0.3) is 0 Å². The van der Waals surface area contributed by atoms with Gasteiger partial charge in [-0.3, -0.25) is 0 Å². The van der Waals surface area contributed by atoms with Crippen molar-refractivity contribution < 1.29 is 18.3 Å². The van der Waals surface area contributed by atoms with Crippen molar-refractivity contribution in [3.05, 3.63) is 35.4 Å². The average Bonchev–Trinajstić information content (AvgIpc) is 2.92. The largest absolute Gasteiger partial charge is 0.444 e. The van der Waals surface area contributed by atoms with Crippen LogP contribution in [-0.2, 0) is 11.3 Å². The molecule has 2 atom stereocenters. The normalized spacial score (nSPS) is 20.9. The van der Waals surface area contributed by atoms with Gasteiger partial charge in [-0.1, -0.05) is 12.5 Å². The predicted molar refractivity (Wildman–Crippen MR) is 88.6 cm³/mol. The molecule has 134 valence electrons. The monoisotopic (exact) mass is 340 g/mol. The Kier molecular flexibility index (Phi) is 6.15. The Morgan fingerprint density at radius 2 is 2.00 bits per heavy atom. The topological polar surface area (TPSA) is 50.4 Å². The highest BCUT2D eigenvalue weighted by Crippen LogP contribution is 2.25. The summed E-state index contributed by atoms with van der Waals surface area (Å²) in [7, 11) is 0. The molecule has 1 fully saturated rings. The molecule has 0 radical (unpaired) electrons. The standard InChI is InChI=1S/C18H26F2N2O2/c1-18(2,3)24-17(23)22-11-13-5-4-6-16(13)21-10-12-7-8-14(19)15(20)9-12/h7-9,13,16,21H,4-6,10-11H2,1-3H3,(H,22,23). The van der Waals surface area contributed by atoms with Gasteiger partial charge in [-0.05, 0) is 57.2 Å². The summed E-state index contributed by atoms with van der Waals surface area (Å²) in [5, 5.41) is 6.20. The van der Waals surface area contributed by atoms with E-state index in [4.69, 9.17) is 4.74 Å². The van der Waals surface area contributed by atoms with E-state index in [1.54, 1.807) is 6.07 Å². The van der Waals surface area contributed by atoms with Crippen molar-refractivity contribution in [3.63, 3.8) is 0 Å². The molecule has 2 N–H and O–H groups in total. The van der Waals surface area contributed by atoms with Crippen LogP contribution in [0, 0.1) is 17.6 Å². The molecule has 1 aliphatic rings. The first-order valence-electron chi connectivity index (χ1n) is 8.39. The fraction of sp³-hybridized carbons (Fsp3) is 0.611. The number of amides is 1. The number of benzene rings is 1. The second kappa shape index (κ2) is 7.92. The molecule has 0 aliphatic heterocycles. The number of halogens is 2. The minimum absolute atomic E-state index is 0.244. The predicted octanol–water partition coefficient (Wildman–Crippen LogP) is 3.75. The van der Waals surface area contributed by atoms with Crippen LogP contribution in [0.3, 0.4) is 0 Å². The first-order chi connectivity index (χ1) is 11.2. The maximum atomic E-state index is 13.2. The van der Waals surface area contributed by atoms with Gasteiger partial charge in [0.2, 0.25) is 0 Å². The summed E-state index contributed by atoms with van der Waals surface area (Å²) >= 11 is 0. The number of nitrogens with one attached hydrogen (secondary N) is 2. The molecule has 0 spiro atoms. The highest BCUT2D eigenvalue weighted by atomic mass is 19.2. The van der Waals surface area contributed by atoms with Gasteiger partial charge in [0.15, 0.2) is 11.6 Å². The van der Waals surface area contributed by atoms with Crippen molar-refractivity contribution in [1.29, 1.82) is 0 Å². The van der Waals surface area contributed by atoms with Crippen molar-refractivity contribution in [3.8, 4) is 0 Å². The lowest BCUT2D eigenvalue weighted by molar-refractivity contribution is 0.0517. The van der Waals surface area contributed by atoms with E-state index in [1.807, 2.05) is 20.8 Å². The zero-order valence-corrected chi connectivity index (χ0v) is 14.5. The summed E-state index contributed by atoms with van der Waals surface area (Å²) in [6.45, 7) is 6.51. The fourth-order valence-electron chi connectivity index (χ4n) is 2.98. The molecular weight excluding hydrogens is 314 g/mol. The quantitative estimate of drug-likeness (QED) is 0.858. The molecule has 24 heavy (non-hydrogen) atoms. The Hall–Kier alpha value is -1.69. The highest BCUT2D eigenvalue weighted by Gasteiger charge is 2.27. The van der Waals surface area contributed by atoms with Gasteiger partial charge < -0.3 is 15.4 Å². The summed E-state index contributed by atoms with van der Waals surface area (Å²) in [4.78, 5) is 11.7. The maximum absolute atomic E-state index is 13.2. The first kappa shape index (κ1) is 18.6. The van der Waals surface area contributed by atoms with E-state index >= 15 is 0 Å². The average molecular weight is 340 g/mol. The van der Waals surface area contributed by atoms with Crippen LogP contribution in [-0.4, -0.2) is 24.3 Å². The van der Waals surface area contributed by atoms with Gasteiger partial charge >= 0.3 is 6.09 Å². The zero-order chi connectivity index (χ0) is 17.7. The van der Waals surface area contributed by atoms with Gasteiger partial charge in [0.05, 0.1) is 0 Å². The van der Waals surface area contributed by atoms with Crippen LogP contribution in [0.1, 0.15) is 45.6 Å². The minimum atomic E-state index is -0.834. The molecule has 0 heterocycles. The second-order valence-electron chi connectivity index (χ2n) is 7.31. The van der Waals surface area contributed by atoms with E-state index in [0.29, 0.717) is 24.6 Å². The van der Waals surface area contributed by atoms with Crippen LogP contribution >= 0.6 is 0 Å². The van der Waals surface area contributed by atoms with Gasteiger partial charge in [0.1, 0.15) is 5.60 Å². The van der Waals surface area contributed by atoms with E-state index in [0.717, 1.165) is 25.3 Å². The smallest absolute Gasteiger partial charge is 0.407 e. The summed E-state index contributed by atoms with van der Waals surface area (Å²) in [6.07, 6.45) is 2.69. The third-order valence-electron chi connectivity index (χ3n) is 4.12. The summed E-state index contributed by atoms with van der Waals surface area (Å²) < 4.78 is 31.4. The number of rotatable bonds is 5. The van der Waals surface area contributed by atoms with E-state index in [2.05, 4.69) is 10.6 Å². The van der Waals surface area contributed by atoms with E-state index in [9.17, 15) is 13.6 Å². The van der Waals surface area contributed by atoms with Crippen LogP contribution in [0.5, 0.6) is 0 Å². The number of carbonyl (C=O) groups excluding carboxylic acids is 1. The Morgan fingerprint density at radius 3 is 2.67 bits per heavy atom. The second-order valence-corrected chi connectivity index (χ2v) is 7.31. The molecule has 2 unspecified atom stereocenters. The van der Waals surface area contributed by atoms with Crippen molar-refractivity contribution in [1.82, 2.24) is 10.6 Å². The van der Waals surface area contributed by atoms with Crippen molar-refractivity contribution in [2.75, 3.05) is 6.54 Å². The lowest BCUT2D eigenvalue weighted by Crippen LogP contribution is -2.40. The van der Waals surface area contributed by atoms with Crippen LogP contribution in [0.25, 0.3) is 0 Å². The molecule has 1 aromatic rings. The van der Waals surface area contributed by atoms with Crippen molar-refractivity contribution in [2.24, 2.45) is 5.92 Å². The highest BCUT2D eigenvalue weighted by molar-refractivity contribution is 5.67. The lowest BCUT2D eigenvalue weighted by Gasteiger charge is -2.23. The molecule has 4 nitrogen and oxygen atoms in total. The van der Waals surface area contributed by atoms with Crippen molar-refractivity contribution >= 4 is 6.09 Å². The number of alkyl carbamates (subject to hydrolysis) is 1. The molecule has 0 bridgehead atoms. The minimum Gasteiger partial charge on any atom is -0.444 e. The van der Waals surface area contributed by atoms with E-state index in [1.165, 1.54) is 6.07 Å². The van der Waals surface area contributed by atoms with E-state index in [-0.39, 0.29) is 6.04 Å². The molecule has 1 amide bonds. The van der Waals surface area contributed by atoms with Crippen LogP contribution < -0.4 is 10.6 Å². The Bertz CT molecular complexity index is 573. The number of carbonyl (C=O) groups is 1. The number of hydrogen-bond acceptors (Lipinski definition) is 3. The Balaban J connectivity index is 1.80. The zero-order valence-electron chi connectivity index (χ0n) is 14.5. The van der Waals surface area contributed by atoms with Crippen LogP contribution in [0.15, 0.2) is 18.2 Å². The number of ether oxygens (including phenoxy) is 1. The molecular formula is C18H26F2N2O2.